The number of nitrogens with zero attached hydrogens (tertiary/aromatic N) is 2. The molecule has 1 unspecified atom stereocenters. The zero-order valence-electron chi connectivity index (χ0n) is 11.0. The third-order valence-corrected chi connectivity index (χ3v) is 3.89. The quantitative estimate of drug-likeness (QED) is 0.779. The molecular formula is C16H14BrN3. The number of benzene rings is 1. The monoisotopic (exact) mass is 327 g/mol. The number of para-hydroxylation sites is 1. The molecule has 0 aliphatic heterocycles. The second kappa shape index (κ2) is 5.31. The van der Waals surface area contributed by atoms with Crippen LogP contribution in [0, 0.1) is 6.92 Å². The van der Waals surface area contributed by atoms with Gasteiger partial charge in [0.2, 0.25) is 0 Å². The van der Waals surface area contributed by atoms with E-state index in [4.69, 9.17) is 5.73 Å². The fourth-order valence-electron chi connectivity index (χ4n) is 2.23. The van der Waals surface area contributed by atoms with E-state index in [0.717, 1.165) is 32.2 Å². The van der Waals surface area contributed by atoms with Crippen molar-refractivity contribution in [3.8, 4) is 0 Å². The number of aryl methyl sites for hydroxylation is 1. The van der Waals surface area contributed by atoms with Gasteiger partial charge in [-0.05, 0) is 46.1 Å². The van der Waals surface area contributed by atoms with Crippen LogP contribution in [0.1, 0.15) is 22.9 Å². The minimum atomic E-state index is -0.290. The van der Waals surface area contributed by atoms with E-state index in [-0.39, 0.29) is 6.04 Å². The molecule has 1 aromatic carbocycles. The molecule has 0 saturated carbocycles. The highest BCUT2D eigenvalue weighted by Gasteiger charge is 2.15. The van der Waals surface area contributed by atoms with Crippen LogP contribution in [0.15, 0.2) is 53.3 Å². The van der Waals surface area contributed by atoms with Gasteiger partial charge >= 0.3 is 0 Å². The van der Waals surface area contributed by atoms with Crippen LogP contribution in [-0.4, -0.2) is 9.97 Å². The van der Waals surface area contributed by atoms with E-state index in [0.29, 0.717) is 0 Å². The summed E-state index contributed by atoms with van der Waals surface area (Å²) in [7, 11) is 0. The summed E-state index contributed by atoms with van der Waals surface area (Å²) in [5, 5.41) is 1.10. The van der Waals surface area contributed by atoms with Gasteiger partial charge in [-0.3, -0.25) is 4.98 Å². The summed E-state index contributed by atoms with van der Waals surface area (Å²) in [5.74, 6) is 0. The standard InChI is InChI=1S/C16H14BrN3/c1-10-6-12(9-19-8-10)15(18)16-13(17)7-11-4-2-3-5-14(11)20-16/h2-9,15H,18H2,1H3. The van der Waals surface area contributed by atoms with E-state index in [1.807, 2.05) is 43.5 Å². The smallest absolute Gasteiger partial charge is 0.0766 e. The molecule has 3 aromatic rings. The molecule has 0 amide bonds. The van der Waals surface area contributed by atoms with E-state index < -0.39 is 0 Å². The third kappa shape index (κ3) is 2.44. The number of aromatic nitrogens is 2. The van der Waals surface area contributed by atoms with Crippen molar-refractivity contribution in [2.24, 2.45) is 5.73 Å². The fourth-order valence-corrected chi connectivity index (χ4v) is 2.81. The normalized spacial score (nSPS) is 12.6. The van der Waals surface area contributed by atoms with Crippen molar-refractivity contribution in [1.82, 2.24) is 9.97 Å². The lowest BCUT2D eigenvalue weighted by atomic mass is 10.0. The highest BCUT2D eigenvalue weighted by molar-refractivity contribution is 9.10. The fraction of sp³-hybridized carbons (Fsp3) is 0.125. The summed E-state index contributed by atoms with van der Waals surface area (Å²) >= 11 is 3.57. The predicted octanol–water partition coefficient (Wildman–Crippen LogP) is 3.75. The van der Waals surface area contributed by atoms with Gasteiger partial charge in [-0.25, -0.2) is 4.98 Å². The predicted molar refractivity (Wildman–Crippen MR) is 84.4 cm³/mol. The van der Waals surface area contributed by atoms with Gasteiger partial charge in [0.05, 0.1) is 17.3 Å². The Morgan fingerprint density at radius 2 is 1.95 bits per heavy atom. The number of fused-ring (bicyclic) bond motifs is 1. The van der Waals surface area contributed by atoms with Crippen LogP contribution in [0.3, 0.4) is 0 Å². The lowest BCUT2D eigenvalue weighted by Crippen LogP contribution is -2.15. The van der Waals surface area contributed by atoms with Crippen molar-refractivity contribution in [1.29, 1.82) is 0 Å². The Kier molecular flexibility index (Phi) is 3.51. The number of hydrogen-bond acceptors (Lipinski definition) is 3. The number of nitrogens with two attached hydrogens (primary N) is 1. The highest BCUT2D eigenvalue weighted by Crippen LogP contribution is 2.28. The van der Waals surface area contributed by atoms with Gasteiger partial charge in [0.25, 0.3) is 0 Å². The average molecular weight is 328 g/mol. The van der Waals surface area contributed by atoms with Crippen molar-refractivity contribution in [2.75, 3.05) is 0 Å². The third-order valence-electron chi connectivity index (χ3n) is 3.25. The van der Waals surface area contributed by atoms with Crippen molar-refractivity contribution < 1.29 is 0 Å². The molecule has 0 aliphatic carbocycles. The van der Waals surface area contributed by atoms with Crippen LogP contribution in [0.2, 0.25) is 0 Å². The summed E-state index contributed by atoms with van der Waals surface area (Å²) in [6.07, 6.45) is 3.61. The van der Waals surface area contributed by atoms with Gasteiger partial charge in [-0.2, -0.15) is 0 Å². The van der Waals surface area contributed by atoms with Crippen molar-refractivity contribution in [2.45, 2.75) is 13.0 Å². The largest absolute Gasteiger partial charge is 0.319 e. The molecule has 100 valence electrons. The zero-order chi connectivity index (χ0) is 14.1. The van der Waals surface area contributed by atoms with E-state index in [1.165, 1.54) is 0 Å². The van der Waals surface area contributed by atoms with E-state index in [9.17, 15) is 0 Å². The lowest BCUT2D eigenvalue weighted by molar-refractivity contribution is 0.821. The summed E-state index contributed by atoms with van der Waals surface area (Å²) in [6, 6.07) is 11.8. The Balaban J connectivity index is 2.11. The Morgan fingerprint density at radius 3 is 2.75 bits per heavy atom. The molecule has 3 nitrogen and oxygen atoms in total. The zero-order valence-corrected chi connectivity index (χ0v) is 12.6. The Bertz CT molecular complexity index is 771. The number of hydrogen-bond donors (Lipinski definition) is 1. The first kappa shape index (κ1) is 13.2. The first-order valence-electron chi connectivity index (χ1n) is 6.37. The maximum atomic E-state index is 6.34. The first-order valence-corrected chi connectivity index (χ1v) is 7.17. The molecule has 20 heavy (non-hydrogen) atoms. The second-order valence-electron chi connectivity index (χ2n) is 4.82. The van der Waals surface area contributed by atoms with E-state index in [2.05, 4.69) is 32.0 Å². The molecular weight excluding hydrogens is 314 g/mol. The van der Waals surface area contributed by atoms with Gasteiger partial charge in [-0.1, -0.05) is 24.3 Å². The molecule has 1 atom stereocenters. The SMILES string of the molecule is Cc1cncc(C(N)c2nc3ccccc3cc2Br)c1. The van der Waals surface area contributed by atoms with E-state index in [1.54, 1.807) is 6.20 Å². The summed E-state index contributed by atoms with van der Waals surface area (Å²) in [5.41, 5.74) is 10.2. The lowest BCUT2D eigenvalue weighted by Gasteiger charge is -2.14. The molecule has 3 rings (SSSR count). The minimum Gasteiger partial charge on any atom is -0.319 e. The van der Waals surface area contributed by atoms with Crippen LogP contribution >= 0.6 is 15.9 Å². The van der Waals surface area contributed by atoms with Crippen molar-refractivity contribution >= 4 is 26.8 Å². The van der Waals surface area contributed by atoms with Crippen LogP contribution in [0.25, 0.3) is 10.9 Å². The molecule has 0 saturated heterocycles. The number of pyridine rings is 2. The molecule has 0 radical (unpaired) electrons. The molecule has 0 aliphatic rings. The maximum Gasteiger partial charge on any atom is 0.0766 e. The van der Waals surface area contributed by atoms with Gasteiger partial charge in [0.15, 0.2) is 0 Å². The van der Waals surface area contributed by atoms with Crippen molar-refractivity contribution in [3.63, 3.8) is 0 Å². The molecule has 0 fully saturated rings. The van der Waals surface area contributed by atoms with Crippen LogP contribution in [0.4, 0.5) is 0 Å². The second-order valence-corrected chi connectivity index (χ2v) is 5.68. The average Bonchev–Trinajstić information content (AvgIpc) is 2.46. The van der Waals surface area contributed by atoms with Gasteiger partial charge in [0, 0.05) is 22.3 Å². The van der Waals surface area contributed by atoms with E-state index >= 15 is 0 Å². The number of rotatable bonds is 2. The van der Waals surface area contributed by atoms with Gasteiger partial charge in [-0.15, -0.1) is 0 Å². The molecule has 4 heteroatoms. The van der Waals surface area contributed by atoms with Crippen LogP contribution in [0.5, 0.6) is 0 Å². The Hall–Kier alpha value is -1.78. The molecule has 0 spiro atoms. The minimum absolute atomic E-state index is 0.290. The Labute approximate surface area is 126 Å². The summed E-state index contributed by atoms with van der Waals surface area (Å²) in [4.78, 5) is 8.88. The molecule has 2 N–H and O–H groups in total. The molecule has 0 bridgehead atoms. The molecule has 2 aromatic heterocycles. The van der Waals surface area contributed by atoms with Crippen LogP contribution in [-0.2, 0) is 0 Å². The number of halogens is 1. The first-order chi connectivity index (χ1) is 9.65. The summed E-state index contributed by atoms with van der Waals surface area (Å²) < 4.78 is 0.921. The molecule has 2 heterocycles. The van der Waals surface area contributed by atoms with Crippen LogP contribution < -0.4 is 5.73 Å². The van der Waals surface area contributed by atoms with Crippen molar-refractivity contribution in [3.05, 3.63) is 70.1 Å². The summed E-state index contributed by atoms with van der Waals surface area (Å²) in [6.45, 7) is 2.01. The maximum absolute atomic E-state index is 6.34. The topological polar surface area (TPSA) is 51.8 Å². The van der Waals surface area contributed by atoms with Gasteiger partial charge in [0.1, 0.15) is 0 Å². The highest BCUT2D eigenvalue weighted by atomic mass is 79.9. The van der Waals surface area contributed by atoms with Gasteiger partial charge < -0.3 is 5.73 Å². The Morgan fingerprint density at radius 1 is 1.15 bits per heavy atom.